The molecular formula is C38H23N3O2. The maximum atomic E-state index is 6.44. The lowest BCUT2D eigenvalue weighted by Crippen LogP contribution is -2.11. The molecule has 43 heavy (non-hydrogen) atoms. The summed E-state index contributed by atoms with van der Waals surface area (Å²) in [6.07, 6.45) is 3.70. The molecular weight excluding hydrogens is 530 g/mol. The predicted molar refractivity (Wildman–Crippen MR) is 174 cm³/mol. The third-order valence-electron chi connectivity index (χ3n) is 8.14. The van der Waals surface area contributed by atoms with E-state index in [2.05, 4.69) is 88.7 Å². The summed E-state index contributed by atoms with van der Waals surface area (Å²) in [7, 11) is 0. The molecule has 0 radical (unpaired) electrons. The number of aromatic nitrogens is 2. The van der Waals surface area contributed by atoms with E-state index in [9.17, 15) is 0 Å². The van der Waals surface area contributed by atoms with Crippen molar-refractivity contribution < 1.29 is 8.83 Å². The van der Waals surface area contributed by atoms with E-state index in [0.29, 0.717) is 0 Å². The molecule has 0 aliphatic carbocycles. The van der Waals surface area contributed by atoms with Crippen LogP contribution in [0.4, 0.5) is 17.2 Å². The van der Waals surface area contributed by atoms with Crippen LogP contribution in [0.15, 0.2) is 149 Å². The van der Waals surface area contributed by atoms with Gasteiger partial charge in [0.1, 0.15) is 22.5 Å². The van der Waals surface area contributed by atoms with E-state index in [1.54, 1.807) is 6.20 Å². The molecule has 0 spiro atoms. The van der Waals surface area contributed by atoms with Crippen LogP contribution >= 0.6 is 0 Å². The molecule has 0 bridgehead atoms. The summed E-state index contributed by atoms with van der Waals surface area (Å²) < 4.78 is 12.7. The van der Waals surface area contributed by atoms with Gasteiger partial charge >= 0.3 is 0 Å². The largest absolute Gasteiger partial charge is 0.456 e. The fourth-order valence-electron chi connectivity index (χ4n) is 6.09. The van der Waals surface area contributed by atoms with E-state index in [-0.39, 0.29) is 0 Å². The molecule has 0 saturated carbocycles. The third-order valence-corrected chi connectivity index (χ3v) is 8.14. The van der Waals surface area contributed by atoms with Crippen LogP contribution < -0.4 is 4.90 Å². The molecule has 0 fully saturated rings. The van der Waals surface area contributed by atoms with Gasteiger partial charge in [-0.05, 0) is 70.4 Å². The Morgan fingerprint density at radius 2 is 1.33 bits per heavy atom. The highest BCUT2D eigenvalue weighted by molar-refractivity contribution is 6.09. The molecule has 5 aromatic carbocycles. The highest BCUT2D eigenvalue weighted by Crippen LogP contribution is 2.43. The number of nitrogens with zero attached hydrogens (tertiary/aromatic N) is 3. The van der Waals surface area contributed by atoms with Gasteiger partial charge in [-0.1, -0.05) is 72.8 Å². The van der Waals surface area contributed by atoms with Crippen LogP contribution in [-0.2, 0) is 0 Å². The topological polar surface area (TPSA) is 55.3 Å². The van der Waals surface area contributed by atoms with Crippen LogP contribution in [0.25, 0.3) is 65.9 Å². The molecule has 202 valence electrons. The van der Waals surface area contributed by atoms with Crippen LogP contribution in [0.3, 0.4) is 0 Å². The molecule has 5 nitrogen and oxygen atoms in total. The minimum atomic E-state index is 0.729. The summed E-state index contributed by atoms with van der Waals surface area (Å²) in [5.74, 6) is 0.729. The second-order valence-electron chi connectivity index (χ2n) is 10.7. The van der Waals surface area contributed by atoms with Crippen molar-refractivity contribution >= 4 is 72.0 Å². The molecule has 0 aliphatic rings. The first kappa shape index (κ1) is 23.7. The van der Waals surface area contributed by atoms with Gasteiger partial charge in [0.2, 0.25) is 0 Å². The van der Waals surface area contributed by atoms with Crippen molar-refractivity contribution in [2.24, 2.45) is 0 Å². The summed E-state index contributed by atoms with van der Waals surface area (Å²) in [6.45, 7) is 0. The lowest BCUT2D eigenvalue weighted by Gasteiger charge is -2.24. The van der Waals surface area contributed by atoms with Gasteiger partial charge in [-0.3, -0.25) is 9.88 Å². The van der Waals surface area contributed by atoms with E-state index >= 15 is 0 Å². The van der Waals surface area contributed by atoms with Crippen molar-refractivity contribution in [2.75, 3.05) is 4.90 Å². The van der Waals surface area contributed by atoms with Crippen molar-refractivity contribution in [1.29, 1.82) is 0 Å². The van der Waals surface area contributed by atoms with E-state index < -0.39 is 0 Å². The first-order valence-electron chi connectivity index (χ1n) is 14.2. The highest BCUT2D eigenvalue weighted by Gasteiger charge is 2.22. The number of para-hydroxylation sites is 2. The Morgan fingerprint density at radius 1 is 0.512 bits per heavy atom. The number of rotatable bonds is 4. The minimum Gasteiger partial charge on any atom is -0.456 e. The molecule has 0 unspecified atom stereocenters. The molecule has 9 rings (SSSR count). The Hall–Kier alpha value is -5.94. The fraction of sp³-hybridized carbons (Fsp3) is 0. The molecule has 0 N–H and O–H groups in total. The van der Waals surface area contributed by atoms with Gasteiger partial charge in [0, 0.05) is 40.3 Å². The van der Waals surface area contributed by atoms with Crippen LogP contribution in [0.2, 0.25) is 0 Å². The molecule has 0 amide bonds. The summed E-state index contributed by atoms with van der Waals surface area (Å²) >= 11 is 0. The number of fused-ring (bicyclic) bond motifs is 7. The molecule has 0 atom stereocenters. The van der Waals surface area contributed by atoms with Crippen molar-refractivity contribution in [2.45, 2.75) is 0 Å². The highest BCUT2D eigenvalue weighted by atomic mass is 16.3. The Morgan fingerprint density at radius 3 is 2.28 bits per heavy atom. The van der Waals surface area contributed by atoms with E-state index in [4.69, 9.17) is 13.8 Å². The standard InChI is InChI=1S/C38H23N3O2/c1-2-8-24(9-3-1)25-15-16-27-21-28(18-17-26(27)20-25)41(32-12-6-11-30-37-34(43-38(30)32)14-7-19-39-37)36-22-35-31(23-40-36)29-10-4-5-13-33(29)42-35/h1-23H. The maximum Gasteiger partial charge on any atom is 0.161 e. The summed E-state index contributed by atoms with van der Waals surface area (Å²) in [4.78, 5) is 11.7. The first-order chi connectivity index (χ1) is 21.3. The van der Waals surface area contributed by atoms with Gasteiger partial charge in [-0.2, -0.15) is 0 Å². The van der Waals surface area contributed by atoms with Crippen LogP contribution in [0.1, 0.15) is 0 Å². The molecule has 0 saturated heterocycles. The number of pyridine rings is 2. The van der Waals surface area contributed by atoms with Crippen molar-refractivity contribution in [3.05, 3.63) is 140 Å². The van der Waals surface area contributed by atoms with E-state index in [0.717, 1.165) is 72.0 Å². The van der Waals surface area contributed by atoms with Gasteiger partial charge in [-0.15, -0.1) is 0 Å². The Bertz CT molecular complexity index is 2480. The summed E-state index contributed by atoms with van der Waals surface area (Å²) in [5.41, 5.74) is 8.18. The SMILES string of the molecule is c1ccc(-c2ccc3cc(N(c4cc5oc6ccccc6c5cn4)c4cccc5c4oc4cccnc45)ccc3c2)cc1. The molecule has 5 heteroatoms. The normalized spacial score (nSPS) is 11.7. The zero-order valence-corrected chi connectivity index (χ0v) is 22.9. The molecule has 0 aliphatic heterocycles. The van der Waals surface area contributed by atoms with Crippen LogP contribution in [-0.4, -0.2) is 9.97 Å². The van der Waals surface area contributed by atoms with Gasteiger partial charge in [0.15, 0.2) is 11.2 Å². The maximum absolute atomic E-state index is 6.44. The summed E-state index contributed by atoms with van der Waals surface area (Å²) in [6, 6.07) is 43.7. The van der Waals surface area contributed by atoms with Crippen molar-refractivity contribution in [3.8, 4) is 11.1 Å². The van der Waals surface area contributed by atoms with Gasteiger partial charge in [0.05, 0.1) is 5.69 Å². The Labute approximate surface area is 246 Å². The molecule has 4 aromatic heterocycles. The Balaban J connectivity index is 1.27. The van der Waals surface area contributed by atoms with E-state index in [1.165, 1.54) is 11.1 Å². The number of furan rings is 2. The van der Waals surface area contributed by atoms with E-state index in [1.807, 2.05) is 54.7 Å². The fourth-order valence-corrected chi connectivity index (χ4v) is 6.09. The Kier molecular flexibility index (Phi) is 5.13. The monoisotopic (exact) mass is 553 g/mol. The first-order valence-corrected chi connectivity index (χ1v) is 14.2. The summed E-state index contributed by atoms with van der Waals surface area (Å²) in [5, 5.41) is 5.28. The number of anilines is 3. The van der Waals surface area contributed by atoms with Gasteiger partial charge < -0.3 is 8.83 Å². The van der Waals surface area contributed by atoms with Crippen molar-refractivity contribution in [3.63, 3.8) is 0 Å². The van der Waals surface area contributed by atoms with Crippen LogP contribution in [0.5, 0.6) is 0 Å². The second kappa shape index (κ2) is 9.29. The minimum absolute atomic E-state index is 0.729. The van der Waals surface area contributed by atoms with Crippen LogP contribution in [0, 0.1) is 0 Å². The zero-order chi connectivity index (χ0) is 28.3. The molecule has 9 aromatic rings. The number of benzene rings is 5. The lowest BCUT2D eigenvalue weighted by atomic mass is 10.0. The lowest BCUT2D eigenvalue weighted by molar-refractivity contribution is 0.666. The van der Waals surface area contributed by atoms with Gasteiger partial charge in [0.25, 0.3) is 0 Å². The number of hydrogen-bond donors (Lipinski definition) is 0. The predicted octanol–water partition coefficient (Wildman–Crippen LogP) is 10.6. The zero-order valence-electron chi connectivity index (χ0n) is 22.9. The average molecular weight is 554 g/mol. The van der Waals surface area contributed by atoms with Crippen molar-refractivity contribution in [1.82, 2.24) is 9.97 Å². The quantitative estimate of drug-likeness (QED) is 0.217. The smallest absolute Gasteiger partial charge is 0.161 e. The number of hydrogen-bond acceptors (Lipinski definition) is 5. The molecule has 4 heterocycles. The second-order valence-corrected chi connectivity index (χ2v) is 10.7. The average Bonchev–Trinajstić information content (AvgIpc) is 3.64. The van der Waals surface area contributed by atoms with Gasteiger partial charge in [-0.25, -0.2) is 4.98 Å². The third kappa shape index (κ3) is 3.79.